The number of benzene rings is 2. The molecule has 0 aliphatic rings. The van der Waals surface area contributed by atoms with Gasteiger partial charge in [0.25, 0.3) is 5.91 Å². The maximum atomic E-state index is 12.1. The Morgan fingerprint density at radius 1 is 1.17 bits per heavy atom. The van der Waals surface area contributed by atoms with Crippen LogP contribution in [0.4, 0.5) is 0 Å². The first-order valence-corrected chi connectivity index (χ1v) is 7.91. The molecule has 0 spiro atoms. The molecule has 7 heteroatoms. The van der Waals surface area contributed by atoms with Crippen molar-refractivity contribution < 1.29 is 9.32 Å². The van der Waals surface area contributed by atoms with Crippen LogP contribution in [0.1, 0.15) is 21.8 Å². The molecule has 1 N–H and O–H groups in total. The summed E-state index contributed by atoms with van der Waals surface area (Å²) in [6.45, 7) is 2.11. The Kier molecular flexibility index (Phi) is 4.83. The first-order valence-electron chi connectivity index (χ1n) is 7.16. The highest BCUT2D eigenvalue weighted by Crippen LogP contribution is 2.21. The van der Waals surface area contributed by atoms with Crippen molar-refractivity contribution in [3.05, 3.63) is 69.5 Å². The zero-order chi connectivity index (χ0) is 17.1. The largest absolute Gasteiger partial charge is 0.343 e. The third kappa shape index (κ3) is 3.75. The van der Waals surface area contributed by atoms with Crippen molar-refractivity contribution in [1.82, 2.24) is 15.5 Å². The Labute approximate surface area is 148 Å². The SMILES string of the molecule is Cc1ccc(-c2noc(CNC(=O)c3ccc(Cl)cc3Cl)n2)cc1. The Bertz CT molecular complexity index is 876. The van der Waals surface area contributed by atoms with E-state index in [0.717, 1.165) is 11.1 Å². The van der Waals surface area contributed by atoms with E-state index >= 15 is 0 Å². The smallest absolute Gasteiger partial charge is 0.253 e. The fourth-order valence-corrected chi connectivity index (χ4v) is 2.57. The van der Waals surface area contributed by atoms with E-state index in [1.165, 1.54) is 6.07 Å². The lowest BCUT2D eigenvalue weighted by Crippen LogP contribution is -2.23. The van der Waals surface area contributed by atoms with Crippen LogP contribution in [0.3, 0.4) is 0 Å². The van der Waals surface area contributed by atoms with Crippen molar-refractivity contribution in [3.63, 3.8) is 0 Å². The average molecular weight is 362 g/mol. The zero-order valence-electron chi connectivity index (χ0n) is 12.7. The third-order valence-electron chi connectivity index (χ3n) is 3.35. The average Bonchev–Trinajstić information content (AvgIpc) is 3.02. The summed E-state index contributed by atoms with van der Waals surface area (Å²) in [5.41, 5.74) is 2.33. The van der Waals surface area contributed by atoms with E-state index in [1.54, 1.807) is 12.1 Å². The minimum absolute atomic E-state index is 0.108. The second kappa shape index (κ2) is 7.03. The number of hydrogen-bond donors (Lipinski definition) is 1. The second-order valence-electron chi connectivity index (χ2n) is 5.18. The number of hydrogen-bond acceptors (Lipinski definition) is 4. The van der Waals surface area contributed by atoms with Crippen molar-refractivity contribution in [3.8, 4) is 11.4 Å². The van der Waals surface area contributed by atoms with E-state index in [1.807, 2.05) is 31.2 Å². The summed E-state index contributed by atoms with van der Waals surface area (Å²) in [5.74, 6) is 0.444. The van der Waals surface area contributed by atoms with Crippen molar-refractivity contribution in [2.24, 2.45) is 0 Å². The van der Waals surface area contributed by atoms with Crippen molar-refractivity contribution >= 4 is 29.1 Å². The normalized spacial score (nSPS) is 10.6. The van der Waals surface area contributed by atoms with Crippen LogP contribution in [0.5, 0.6) is 0 Å². The molecule has 3 rings (SSSR count). The van der Waals surface area contributed by atoms with E-state index in [2.05, 4.69) is 15.5 Å². The topological polar surface area (TPSA) is 68.0 Å². The lowest BCUT2D eigenvalue weighted by Gasteiger charge is -2.04. The molecular formula is C17H13Cl2N3O2. The lowest BCUT2D eigenvalue weighted by atomic mass is 10.1. The molecule has 0 atom stereocenters. The van der Waals surface area contributed by atoms with Gasteiger partial charge in [0, 0.05) is 10.6 Å². The molecule has 0 aliphatic carbocycles. The molecule has 0 saturated heterocycles. The predicted molar refractivity (Wildman–Crippen MR) is 92.1 cm³/mol. The number of aryl methyl sites for hydroxylation is 1. The summed E-state index contributed by atoms with van der Waals surface area (Å²) in [4.78, 5) is 16.4. The molecular weight excluding hydrogens is 349 g/mol. The van der Waals surface area contributed by atoms with Gasteiger partial charge in [0.2, 0.25) is 11.7 Å². The van der Waals surface area contributed by atoms with Crippen LogP contribution < -0.4 is 5.32 Å². The minimum Gasteiger partial charge on any atom is -0.343 e. The van der Waals surface area contributed by atoms with E-state index in [0.29, 0.717) is 22.3 Å². The number of amides is 1. The number of aromatic nitrogens is 2. The van der Waals surface area contributed by atoms with E-state index in [-0.39, 0.29) is 17.5 Å². The first-order chi connectivity index (χ1) is 11.5. The van der Waals surface area contributed by atoms with Crippen LogP contribution in [0.25, 0.3) is 11.4 Å². The van der Waals surface area contributed by atoms with Crippen molar-refractivity contribution in [1.29, 1.82) is 0 Å². The Hall–Kier alpha value is -2.37. The van der Waals surface area contributed by atoms with Gasteiger partial charge in [-0.3, -0.25) is 4.79 Å². The Morgan fingerprint density at radius 3 is 2.62 bits per heavy atom. The molecule has 1 aromatic heterocycles. The lowest BCUT2D eigenvalue weighted by molar-refractivity contribution is 0.0946. The Morgan fingerprint density at radius 2 is 1.92 bits per heavy atom. The maximum absolute atomic E-state index is 12.1. The van der Waals surface area contributed by atoms with Gasteiger partial charge in [0.05, 0.1) is 17.1 Å². The highest BCUT2D eigenvalue weighted by Gasteiger charge is 2.13. The Balaban J connectivity index is 1.67. The fourth-order valence-electron chi connectivity index (χ4n) is 2.07. The van der Waals surface area contributed by atoms with Crippen LogP contribution in [-0.4, -0.2) is 16.0 Å². The summed E-state index contributed by atoms with van der Waals surface area (Å²) in [6.07, 6.45) is 0. The molecule has 3 aromatic rings. The van der Waals surface area contributed by atoms with Gasteiger partial charge in [-0.2, -0.15) is 4.98 Å². The van der Waals surface area contributed by atoms with E-state index in [9.17, 15) is 4.79 Å². The molecule has 0 saturated carbocycles. The molecule has 0 unspecified atom stereocenters. The van der Waals surface area contributed by atoms with E-state index in [4.69, 9.17) is 27.7 Å². The van der Waals surface area contributed by atoms with E-state index < -0.39 is 0 Å². The standard InChI is InChI=1S/C17H13Cl2N3O2/c1-10-2-4-11(5-3-10)16-21-15(24-22-16)9-20-17(23)13-7-6-12(18)8-14(13)19/h2-8H,9H2,1H3,(H,20,23). The van der Waals surface area contributed by atoms with Crippen LogP contribution in [0.15, 0.2) is 47.0 Å². The highest BCUT2D eigenvalue weighted by atomic mass is 35.5. The molecule has 122 valence electrons. The number of carbonyl (C=O) groups excluding carboxylic acids is 1. The third-order valence-corrected chi connectivity index (χ3v) is 3.90. The maximum Gasteiger partial charge on any atom is 0.253 e. The first kappa shape index (κ1) is 16.5. The summed E-state index contributed by atoms with van der Waals surface area (Å²) in [7, 11) is 0. The quantitative estimate of drug-likeness (QED) is 0.752. The molecule has 24 heavy (non-hydrogen) atoms. The van der Waals surface area contributed by atoms with Crippen LogP contribution in [0, 0.1) is 6.92 Å². The number of rotatable bonds is 4. The van der Waals surface area contributed by atoms with Gasteiger partial charge in [0.1, 0.15) is 0 Å². The molecule has 1 heterocycles. The number of nitrogens with zero attached hydrogens (tertiary/aromatic N) is 2. The second-order valence-corrected chi connectivity index (χ2v) is 6.03. The van der Waals surface area contributed by atoms with Gasteiger partial charge in [-0.05, 0) is 25.1 Å². The molecule has 5 nitrogen and oxygen atoms in total. The van der Waals surface area contributed by atoms with Gasteiger partial charge < -0.3 is 9.84 Å². The van der Waals surface area contributed by atoms with Gasteiger partial charge in [-0.25, -0.2) is 0 Å². The van der Waals surface area contributed by atoms with Gasteiger partial charge in [0.15, 0.2) is 0 Å². The van der Waals surface area contributed by atoms with Crippen LogP contribution in [0.2, 0.25) is 10.0 Å². The summed E-state index contributed by atoms with van der Waals surface area (Å²) in [6, 6.07) is 12.4. The van der Waals surface area contributed by atoms with Crippen LogP contribution >= 0.6 is 23.2 Å². The number of carbonyl (C=O) groups is 1. The summed E-state index contributed by atoms with van der Waals surface area (Å²) < 4.78 is 5.15. The van der Waals surface area contributed by atoms with Gasteiger partial charge in [-0.15, -0.1) is 0 Å². The van der Waals surface area contributed by atoms with Crippen LogP contribution in [-0.2, 0) is 6.54 Å². The monoisotopic (exact) mass is 361 g/mol. The molecule has 2 aromatic carbocycles. The number of halogens is 2. The van der Waals surface area contributed by atoms with Gasteiger partial charge >= 0.3 is 0 Å². The zero-order valence-corrected chi connectivity index (χ0v) is 14.2. The minimum atomic E-state index is -0.341. The molecule has 0 aliphatic heterocycles. The summed E-state index contributed by atoms with van der Waals surface area (Å²) >= 11 is 11.8. The summed E-state index contributed by atoms with van der Waals surface area (Å²) in [5, 5.41) is 7.35. The molecule has 1 amide bonds. The molecule has 0 fully saturated rings. The number of nitrogens with one attached hydrogen (secondary N) is 1. The van der Waals surface area contributed by atoms with Crippen molar-refractivity contribution in [2.75, 3.05) is 0 Å². The van der Waals surface area contributed by atoms with Crippen molar-refractivity contribution in [2.45, 2.75) is 13.5 Å². The predicted octanol–water partition coefficient (Wildman–Crippen LogP) is 4.28. The van der Waals surface area contributed by atoms with Gasteiger partial charge in [-0.1, -0.05) is 58.2 Å². The molecule has 0 bridgehead atoms. The fraction of sp³-hybridized carbons (Fsp3) is 0.118. The molecule has 0 radical (unpaired) electrons. The highest BCUT2D eigenvalue weighted by molar-refractivity contribution is 6.36.